The summed E-state index contributed by atoms with van der Waals surface area (Å²) in [6.07, 6.45) is 2.00. The molecule has 1 aliphatic heterocycles. The third kappa shape index (κ3) is 7.17. The minimum absolute atomic E-state index is 0.0384. The van der Waals surface area contributed by atoms with Crippen molar-refractivity contribution < 1.29 is 28.0 Å². The van der Waals surface area contributed by atoms with Crippen molar-refractivity contribution in [3.05, 3.63) is 65.7 Å². The van der Waals surface area contributed by atoms with Crippen LogP contribution < -0.4 is 21.7 Å². The number of nitrogens with two attached hydrogens (primary N) is 1. The van der Waals surface area contributed by atoms with Crippen molar-refractivity contribution in [3.8, 4) is 0 Å². The highest BCUT2D eigenvalue weighted by Crippen LogP contribution is 2.21. The zero-order valence-corrected chi connectivity index (χ0v) is 20.3. The fourth-order valence-electron chi connectivity index (χ4n) is 3.95. The third-order valence-electron chi connectivity index (χ3n) is 5.65. The number of urea groups is 1. The molecule has 1 fully saturated rings. The Balaban J connectivity index is 1.68. The Morgan fingerprint density at radius 1 is 1.14 bits per heavy atom. The molecular weight excluding hydrogens is 492 g/mol. The van der Waals surface area contributed by atoms with Gasteiger partial charge in [-0.3, -0.25) is 14.4 Å². The molecule has 1 heterocycles. The summed E-state index contributed by atoms with van der Waals surface area (Å²) in [6, 6.07) is 8.40. The summed E-state index contributed by atoms with van der Waals surface area (Å²) in [5.74, 6) is -3.21. The van der Waals surface area contributed by atoms with Gasteiger partial charge in [-0.1, -0.05) is 30.3 Å². The van der Waals surface area contributed by atoms with Gasteiger partial charge < -0.3 is 26.6 Å². The molecule has 0 radical (unpaired) electrons. The fraction of sp³-hybridized carbons (Fsp3) is 0.333. The van der Waals surface area contributed by atoms with Gasteiger partial charge in [-0.25, -0.2) is 13.6 Å². The van der Waals surface area contributed by atoms with E-state index in [0.717, 1.165) is 17.7 Å². The van der Waals surface area contributed by atoms with E-state index in [1.807, 2.05) is 6.07 Å². The van der Waals surface area contributed by atoms with Gasteiger partial charge in [0.15, 0.2) is 0 Å². The van der Waals surface area contributed by atoms with Gasteiger partial charge in [-0.05, 0) is 30.4 Å². The van der Waals surface area contributed by atoms with E-state index in [0.29, 0.717) is 6.07 Å². The predicted octanol–water partition coefficient (Wildman–Crippen LogP) is 1.63. The number of thioether (sulfide) groups is 1. The molecule has 2 aromatic rings. The minimum atomic E-state index is -0.992. The molecule has 0 unspecified atom stereocenters. The molecule has 5 N–H and O–H groups in total. The number of nitrogens with one attached hydrogen (secondary N) is 3. The largest absolute Gasteiger partial charge is 0.368 e. The lowest BCUT2D eigenvalue weighted by molar-refractivity contribution is -0.137. The molecule has 12 heteroatoms. The normalized spacial score (nSPS) is 17.8. The van der Waals surface area contributed by atoms with Crippen LogP contribution in [-0.4, -0.2) is 65.3 Å². The molecule has 1 aliphatic rings. The number of halogens is 2. The highest BCUT2D eigenvalue weighted by Gasteiger charge is 2.40. The molecule has 192 valence electrons. The van der Waals surface area contributed by atoms with Crippen molar-refractivity contribution in [2.24, 2.45) is 5.73 Å². The maximum atomic E-state index is 13.9. The Hall–Kier alpha value is -3.67. The number of nitrogens with zero attached hydrogens (tertiary/aromatic N) is 1. The first-order valence-electron chi connectivity index (χ1n) is 11.1. The lowest BCUT2D eigenvalue weighted by Crippen LogP contribution is -2.53. The van der Waals surface area contributed by atoms with Crippen molar-refractivity contribution >= 4 is 41.2 Å². The molecule has 3 rings (SSSR count). The number of hydrogen-bond donors (Lipinski definition) is 4. The average molecular weight is 520 g/mol. The Bertz CT molecular complexity index is 1120. The van der Waals surface area contributed by atoms with Crippen LogP contribution in [0.25, 0.3) is 0 Å². The van der Waals surface area contributed by atoms with Crippen LogP contribution in [0.3, 0.4) is 0 Å². The van der Waals surface area contributed by atoms with Crippen molar-refractivity contribution in [2.75, 3.05) is 23.9 Å². The van der Waals surface area contributed by atoms with E-state index in [-0.39, 0.29) is 36.7 Å². The number of anilines is 1. The minimum Gasteiger partial charge on any atom is -0.368 e. The van der Waals surface area contributed by atoms with Gasteiger partial charge in [0.1, 0.15) is 23.7 Å². The highest BCUT2D eigenvalue weighted by molar-refractivity contribution is 7.99. The van der Waals surface area contributed by atoms with Crippen molar-refractivity contribution in [3.63, 3.8) is 0 Å². The molecule has 9 nitrogen and oxygen atoms in total. The molecule has 5 amide bonds. The molecular formula is C24H27F2N5O4S. The third-order valence-corrected chi connectivity index (χ3v) is 6.18. The zero-order valence-electron chi connectivity index (χ0n) is 19.5. The zero-order chi connectivity index (χ0) is 26.2. The van der Waals surface area contributed by atoms with Crippen LogP contribution in [0.5, 0.6) is 0 Å². The topological polar surface area (TPSA) is 134 Å². The Morgan fingerprint density at radius 2 is 1.86 bits per heavy atom. The Morgan fingerprint density at radius 3 is 2.50 bits per heavy atom. The number of rotatable bonds is 9. The van der Waals surface area contributed by atoms with Gasteiger partial charge in [0.05, 0.1) is 17.5 Å². The first kappa shape index (κ1) is 26.9. The number of likely N-dealkylation sites (tertiary alicyclic amines) is 1. The van der Waals surface area contributed by atoms with E-state index < -0.39 is 47.6 Å². The standard InChI is InChI=1S/C24H27F2N5O4S/c1-36-13-21(32)31-12-16(28-24(35)30-18-8-7-15(25)10-17(18)26)11-20(31)23(34)29-19(22(27)33)9-14-5-3-2-4-6-14/h2-8,10,16,19-20H,9,11-13H2,1H3,(H2,27,33)(H,29,34)(H2,28,30,35)/t16-,19+,20-/m0/s1. The summed E-state index contributed by atoms with van der Waals surface area (Å²) in [6.45, 7) is 0.0384. The molecule has 0 bridgehead atoms. The van der Waals surface area contributed by atoms with Gasteiger partial charge in [0.2, 0.25) is 17.7 Å². The number of carbonyl (C=O) groups is 4. The van der Waals surface area contributed by atoms with E-state index in [9.17, 15) is 28.0 Å². The Labute approximate surface area is 211 Å². The molecule has 36 heavy (non-hydrogen) atoms. The van der Waals surface area contributed by atoms with Crippen LogP contribution in [-0.2, 0) is 20.8 Å². The van der Waals surface area contributed by atoms with Gasteiger partial charge in [0.25, 0.3) is 0 Å². The second-order valence-electron chi connectivity index (χ2n) is 8.30. The Kier molecular flexibility index (Phi) is 9.23. The first-order valence-corrected chi connectivity index (χ1v) is 12.5. The first-order chi connectivity index (χ1) is 17.2. The number of primary amides is 1. The second-order valence-corrected chi connectivity index (χ2v) is 9.17. The lowest BCUT2D eigenvalue weighted by Gasteiger charge is -2.25. The molecule has 0 aliphatic carbocycles. The van der Waals surface area contributed by atoms with Crippen molar-refractivity contribution in [2.45, 2.75) is 31.0 Å². The number of amides is 5. The number of hydrogen-bond acceptors (Lipinski definition) is 5. The molecule has 0 spiro atoms. The molecule has 2 aromatic carbocycles. The number of carbonyl (C=O) groups excluding carboxylic acids is 4. The number of benzene rings is 2. The molecule has 0 saturated carbocycles. The van der Waals surface area contributed by atoms with E-state index in [2.05, 4.69) is 16.0 Å². The maximum absolute atomic E-state index is 13.9. The van der Waals surface area contributed by atoms with Gasteiger partial charge in [0, 0.05) is 19.0 Å². The maximum Gasteiger partial charge on any atom is 0.319 e. The van der Waals surface area contributed by atoms with Crippen LogP contribution in [0.4, 0.5) is 19.3 Å². The average Bonchev–Trinajstić information content (AvgIpc) is 3.25. The van der Waals surface area contributed by atoms with Crippen LogP contribution in [0.2, 0.25) is 0 Å². The van der Waals surface area contributed by atoms with Crippen molar-refractivity contribution in [1.82, 2.24) is 15.5 Å². The quantitative estimate of drug-likeness (QED) is 0.400. The SMILES string of the molecule is CSCC(=O)N1C[C@@H](NC(=O)Nc2ccc(F)cc2F)C[C@H]1C(=O)N[C@H](Cc1ccccc1)C(N)=O. The fourth-order valence-corrected chi connectivity index (χ4v) is 4.36. The predicted molar refractivity (Wildman–Crippen MR) is 132 cm³/mol. The summed E-state index contributed by atoms with van der Waals surface area (Å²) in [5, 5.41) is 7.54. The highest BCUT2D eigenvalue weighted by atomic mass is 32.2. The molecule has 3 atom stereocenters. The lowest BCUT2D eigenvalue weighted by atomic mass is 10.0. The van der Waals surface area contributed by atoms with E-state index in [1.165, 1.54) is 16.7 Å². The monoisotopic (exact) mass is 519 g/mol. The summed E-state index contributed by atoms with van der Waals surface area (Å²) in [5.41, 5.74) is 6.08. The van der Waals surface area contributed by atoms with Gasteiger partial charge in [-0.2, -0.15) is 11.8 Å². The van der Waals surface area contributed by atoms with Crippen LogP contribution >= 0.6 is 11.8 Å². The summed E-state index contributed by atoms with van der Waals surface area (Å²) < 4.78 is 27.0. The summed E-state index contributed by atoms with van der Waals surface area (Å²) in [4.78, 5) is 51.6. The van der Waals surface area contributed by atoms with Crippen LogP contribution in [0.1, 0.15) is 12.0 Å². The van der Waals surface area contributed by atoms with Gasteiger partial charge >= 0.3 is 6.03 Å². The van der Waals surface area contributed by atoms with Crippen LogP contribution in [0, 0.1) is 11.6 Å². The summed E-state index contributed by atoms with van der Waals surface area (Å²) >= 11 is 1.28. The van der Waals surface area contributed by atoms with Gasteiger partial charge in [-0.15, -0.1) is 0 Å². The molecule has 1 saturated heterocycles. The summed E-state index contributed by atoms with van der Waals surface area (Å²) in [7, 11) is 0. The smallest absolute Gasteiger partial charge is 0.319 e. The molecule has 0 aromatic heterocycles. The van der Waals surface area contributed by atoms with Crippen LogP contribution in [0.15, 0.2) is 48.5 Å². The second kappa shape index (κ2) is 12.3. The van der Waals surface area contributed by atoms with E-state index >= 15 is 0 Å². The van der Waals surface area contributed by atoms with Crippen molar-refractivity contribution in [1.29, 1.82) is 0 Å². The van der Waals surface area contributed by atoms with E-state index in [4.69, 9.17) is 5.73 Å². The van der Waals surface area contributed by atoms with E-state index in [1.54, 1.807) is 30.5 Å².